The van der Waals surface area contributed by atoms with Crippen molar-refractivity contribution >= 4 is 11.3 Å². The van der Waals surface area contributed by atoms with Crippen molar-refractivity contribution < 1.29 is 5.11 Å². The third-order valence-electron chi connectivity index (χ3n) is 2.60. The molecule has 0 fully saturated rings. The van der Waals surface area contributed by atoms with E-state index >= 15 is 0 Å². The molecule has 1 unspecified atom stereocenters. The van der Waals surface area contributed by atoms with Crippen molar-refractivity contribution in [2.24, 2.45) is 0 Å². The lowest BCUT2D eigenvalue weighted by Crippen LogP contribution is -1.96. The monoisotopic (exact) mass is 232 g/mol. The minimum absolute atomic E-state index is 0.475. The number of aryl methyl sites for hydroxylation is 1. The van der Waals surface area contributed by atoms with E-state index in [1.807, 2.05) is 30.3 Å². The van der Waals surface area contributed by atoms with Gasteiger partial charge in [0.15, 0.2) is 0 Å². The molecule has 0 amide bonds. The SMILES string of the molecule is CCCc1csc(C(O)c2ccccc2)c1. The fraction of sp³-hybridized carbons (Fsp3) is 0.286. The molecule has 1 aromatic heterocycles. The van der Waals surface area contributed by atoms with Crippen LogP contribution < -0.4 is 0 Å². The van der Waals surface area contributed by atoms with Gasteiger partial charge in [0, 0.05) is 4.88 Å². The predicted octanol–water partition coefficient (Wildman–Crippen LogP) is 3.78. The van der Waals surface area contributed by atoms with Crippen LogP contribution >= 0.6 is 11.3 Å². The minimum Gasteiger partial charge on any atom is -0.383 e. The van der Waals surface area contributed by atoms with Gasteiger partial charge in [0.2, 0.25) is 0 Å². The van der Waals surface area contributed by atoms with Crippen molar-refractivity contribution in [1.29, 1.82) is 0 Å². The first kappa shape index (κ1) is 11.4. The van der Waals surface area contributed by atoms with E-state index in [4.69, 9.17) is 0 Å². The van der Waals surface area contributed by atoms with Crippen LogP contribution in [-0.4, -0.2) is 5.11 Å². The maximum Gasteiger partial charge on any atom is 0.113 e. The zero-order valence-electron chi connectivity index (χ0n) is 9.39. The van der Waals surface area contributed by atoms with Crippen LogP contribution in [0.5, 0.6) is 0 Å². The van der Waals surface area contributed by atoms with E-state index in [1.54, 1.807) is 11.3 Å². The highest BCUT2D eigenvalue weighted by atomic mass is 32.1. The van der Waals surface area contributed by atoms with Gasteiger partial charge in [-0.2, -0.15) is 0 Å². The van der Waals surface area contributed by atoms with Gasteiger partial charge in [-0.25, -0.2) is 0 Å². The number of thiophene rings is 1. The Balaban J connectivity index is 2.17. The summed E-state index contributed by atoms with van der Waals surface area (Å²) < 4.78 is 0. The number of aliphatic hydroxyl groups excluding tert-OH is 1. The molecule has 2 aromatic rings. The summed E-state index contributed by atoms with van der Waals surface area (Å²) in [5.41, 5.74) is 2.30. The Morgan fingerprint density at radius 1 is 1.25 bits per heavy atom. The maximum atomic E-state index is 10.2. The molecule has 1 atom stereocenters. The fourth-order valence-electron chi connectivity index (χ4n) is 1.76. The Morgan fingerprint density at radius 3 is 2.69 bits per heavy atom. The molecule has 2 rings (SSSR count). The molecule has 0 saturated heterocycles. The summed E-state index contributed by atoms with van der Waals surface area (Å²) in [6.07, 6.45) is 1.77. The number of benzene rings is 1. The van der Waals surface area contributed by atoms with Gasteiger partial charge >= 0.3 is 0 Å². The lowest BCUT2D eigenvalue weighted by molar-refractivity contribution is 0.224. The van der Waals surface area contributed by atoms with E-state index in [-0.39, 0.29) is 0 Å². The van der Waals surface area contributed by atoms with Crippen molar-refractivity contribution in [3.8, 4) is 0 Å². The van der Waals surface area contributed by atoms with E-state index in [0.717, 1.165) is 23.3 Å². The summed E-state index contributed by atoms with van der Waals surface area (Å²) >= 11 is 1.64. The van der Waals surface area contributed by atoms with Gasteiger partial charge in [-0.3, -0.25) is 0 Å². The summed E-state index contributed by atoms with van der Waals surface area (Å²) in [5, 5.41) is 12.3. The molecule has 1 aromatic carbocycles. The topological polar surface area (TPSA) is 20.2 Å². The van der Waals surface area contributed by atoms with Crippen molar-refractivity contribution in [2.45, 2.75) is 25.9 Å². The molecule has 0 aliphatic heterocycles. The van der Waals surface area contributed by atoms with Crippen molar-refractivity contribution in [3.63, 3.8) is 0 Å². The highest BCUT2D eigenvalue weighted by molar-refractivity contribution is 7.10. The highest BCUT2D eigenvalue weighted by Gasteiger charge is 2.11. The zero-order valence-corrected chi connectivity index (χ0v) is 10.2. The van der Waals surface area contributed by atoms with Crippen LogP contribution in [0.3, 0.4) is 0 Å². The standard InChI is InChI=1S/C14H16OS/c1-2-6-11-9-13(16-10-11)14(15)12-7-4-3-5-8-12/h3-5,7-10,14-15H,2,6H2,1H3. The molecule has 1 heterocycles. The number of rotatable bonds is 4. The molecule has 0 spiro atoms. The van der Waals surface area contributed by atoms with Crippen LogP contribution in [0, 0.1) is 0 Å². The zero-order chi connectivity index (χ0) is 11.4. The van der Waals surface area contributed by atoms with Gasteiger partial charge in [0.25, 0.3) is 0 Å². The molecule has 0 bridgehead atoms. The number of hydrogen-bond donors (Lipinski definition) is 1. The van der Waals surface area contributed by atoms with Gasteiger partial charge in [-0.05, 0) is 29.0 Å². The molecule has 0 aliphatic rings. The van der Waals surface area contributed by atoms with Gasteiger partial charge in [0.1, 0.15) is 6.10 Å². The van der Waals surface area contributed by atoms with Crippen LogP contribution in [0.15, 0.2) is 41.8 Å². The summed E-state index contributed by atoms with van der Waals surface area (Å²) in [6, 6.07) is 11.9. The van der Waals surface area contributed by atoms with E-state index in [1.165, 1.54) is 5.56 Å². The first-order valence-electron chi connectivity index (χ1n) is 5.61. The summed E-state index contributed by atoms with van der Waals surface area (Å²) in [7, 11) is 0. The highest BCUT2D eigenvalue weighted by Crippen LogP contribution is 2.27. The average molecular weight is 232 g/mol. The normalized spacial score (nSPS) is 12.6. The van der Waals surface area contributed by atoms with E-state index < -0.39 is 6.10 Å². The first-order valence-corrected chi connectivity index (χ1v) is 6.49. The fourth-order valence-corrected chi connectivity index (χ4v) is 2.71. The third kappa shape index (κ3) is 2.52. The van der Waals surface area contributed by atoms with Gasteiger partial charge in [0.05, 0.1) is 0 Å². The maximum absolute atomic E-state index is 10.2. The second kappa shape index (κ2) is 5.28. The lowest BCUT2D eigenvalue weighted by Gasteiger charge is -2.07. The summed E-state index contributed by atoms with van der Waals surface area (Å²) in [4.78, 5) is 1.04. The van der Waals surface area contributed by atoms with E-state index in [0.29, 0.717) is 0 Å². The molecule has 1 N–H and O–H groups in total. The average Bonchev–Trinajstić information content (AvgIpc) is 2.78. The lowest BCUT2D eigenvalue weighted by atomic mass is 10.1. The van der Waals surface area contributed by atoms with Gasteiger partial charge < -0.3 is 5.11 Å². The summed E-state index contributed by atoms with van der Waals surface area (Å²) in [6.45, 7) is 2.17. The molecule has 84 valence electrons. The molecule has 1 nitrogen and oxygen atoms in total. The van der Waals surface area contributed by atoms with Crippen molar-refractivity contribution in [2.75, 3.05) is 0 Å². The molecule has 16 heavy (non-hydrogen) atoms. The second-order valence-electron chi connectivity index (χ2n) is 3.92. The van der Waals surface area contributed by atoms with E-state index in [9.17, 15) is 5.11 Å². The summed E-state index contributed by atoms with van der Waals surface area (Å²) in [5.74, 6) is 0. The molecular formula is C14H16OS. The minimum atomic E-state index is -0.475. The molecule has 0 radical (unpaired) electrons. The predicted molar refractivity (Wildman–Crippen MR) is 68.8 cm³/mol. The van der Waals surface area contributed by atoms with E-state index in [2.05, 4.69) is 18.4 Å². The quantitative estimate of drug-likeness (QED) is 0.850. The molecule has 0 aliphatic carbocycles. The Morgan fingerprint density at radius 2 is 2.00 bits per heavy atom. The van der Waals surface area contributed by atoms with Crippen LogP contribution in [0.1, 0.15) is 35.5 Å². The van der Waals surface area contributed by atoms with Gasteiger partial charge in [-0.15, -0.1) is 11.3 Å². The van der Waals surface area contributed by atoms with Crippen LogP contribution in [0.25, 0.3) is 0 Å². The molecule has 2 heteroatoms. The number of hydrogen-bond acceptors (Lipinski definition) is 2. The largest absolute Gasteiger partial charge is 0.383 e. The first-order chi connectivity index (χ1) is 7.81. The smallest absolute Gasteiger partial charge is 0.113 e. The van der Waals surface area contributed by atoms with Crippen molar-refractivity contribution in [3.05, 3.63) is 57.8 Å². The number of aliphatic hydroxyl groups is 1. The Labute approximate surface area is 100 Å². The molecular weight excluding hydrogens is 216 g/mol. The van der Waals surface area contributed by atoms with Crippen molar-refractivity contribution in [1.82, 2.24) is 0 Å². The second-order valence-corrected chi connectivity index (χ2v) is 4.86. The van der Waals surface area contributed by atoms with Crippen LogP contribution in [-0.2, 0) is 6.42 Å². The van der Waals surface area contributed by atoms with Gasteiger partial charge in [-0.1, -0.05) is 43.7 Å². The van der Waals surface area contributed by atoms with Crippen LogP contribution in [0.4, 0.5) is 0 Å². The Kier molecular flexibility index (Phi) is 3.75. The Bertz CT molecular complexity index is 433. The third-order valence-corrected chi connectivity index (χ3v) is 3.63. The Hall–Kier alpha value is -1.12. The van der Waals surface area contributed by atoms with Crippen LogP contribution in [0.2, 0.25) is 0 Å². The molecule has 0 saturated carbocycles.